The molecule has 0 radical (unpaired) electrons. The quantitative estimate of drug-likeness (QED) is 0.923. The molecule has 0 fully saturated rings. The zero-order valence-electron chi connectivity index (χ0n) is 13.9. The molecule has 0 aromatic heterocycles. The zero-order valence-corrected chi connectivity index (χ0v) is 13.9. The van der Waals surface area contributed by atoms with Gasteiger partial charge in [-0.3, -0.25) is 4.79 Å². The van der Waals surface area contributed by atoms with Crippen LogP contribution in [0, 0.1) is 5.92 Å². The Labute approximate surface area is 142 Å². The minimum Gasteiger partial charge on any atom is -0.497 e. The second-order valence-electron chi connectivity index (χ2n) is 7.00. The van der Waals surface area contributed by atoms with Gasteiger partial charge in [-0.1, -0.05) is 30.3 Å². The van der Waals surface area contributed by atoms with Crippen molar-refractivity contribution in [1.29, 1.82) is 0 Å². The van der Waals surface area contributed by atoms with Gasteiger partial charge >= 0.3 is 5.97 Å². The Morgan fingerprint density at radius 1 is 1.17 bits per heavy atom. The standard InChI is InChI=1S/C21H22O3/c1-24-17-10-14-7-8-18(21(22)23)19-12-15(9-16(11-17)20(14)19)13-5-3-2-4-6-13/h2-6,10-11,15,18-19H,7-9,12H2,1H3,(H,22,23)/t15-,18-,19-/m1/s1. The Morgan fingerprint density at radius 2 is 1.92 bits per heavy atom. The van der Waals surface area contributed by atoms with Crippen molar-refractivity contribution in [2.75, 3.05) is 7.11 Å². The molecule has 24 heavy (non-hydrogen) atoms. The van der Waals surface area contributed by atoms with Crippen molar-refractivity contribution in [3.05, 3.63) is 64.7 Å². The van der Waals surface area contributed by atoms with Gasteiger partial charge in [-0.05, 0) is 71.9 Å². The largest absolute Gasteiger partial charge is 0.497 e. The van der Waals surface area contributed by atoms with Crippen LogP contribution in [0.4, 0.5) is 0 Å². The van der Waals surface area contributed by atoms with E-state index < -0.39 is 5.97 Å². The molecule has 2 aromatic rings. The fourth-order valence-electron chi connectivity index (χ4n) is 4.64. The zero-order chi connectivity index (χ0) is 16.7. The van der Waals surface area contributed by atoms with E-state index in [0.29, 0.717) is 5.92 Å². The van der Waals surface area contributed by atoms with Crippen LogP contribution in [-0.2, 0) is 17.6 Å². The Kier molecular flexibility index (Phi) is 3.79. The fraction of sp³-hybridized carbons (Fsp3) is 0.381. The van der Waals surface area contributed by atoms with Gasteiger partial charge in [0.1, 0.15) is 5.75 Å². The van der Waals surface area contributed by atoms with Crippen LogP contribution in [0.5, 0.6) is 5.75 Å². The van der Waals surface area contributed by atoms with Crippen LogP contribution in [0.25, 0.3) is 0 Å². The van der Waals surface area contributed by atoms with Gasteiger partial charge in [-0.2, -0.15) is 0 Å². The van der Waals surface area contributed by atoms with Crippen LogP contribution >= 0.6 is 0 Å². The van der Waals surface area contributed by atoms with Crippen LogP contribution in [0.3, 0.4) is 0 Å². The third-order valence-corrected chi connectivity index (χ3v) is 5.73. The molecule has 0 spiro atoms. The van der Waals surface area contributed by atoms with Crippen molar-refractivity contribution in [2.45, 2.75) is 37.5 Å². The first-order valence-corrected chi connectivity index (χ1v) is 8.64. The van der Waals surface area contributed by atoms with Crippen LogP contribution < -0.4 is 4.74 Å². The summed E-state index contributed by atoms with van der Waals surface area (Å²) < 4.78 is 5.48. The van der Waals surface area contributed by atoms with Crippen LogP contribution in [0.2, 0.25) is 0 Å². The van der Waals surface area contributed by atoms with Gasteiger partial charge in [0.2, 0.25) is 0 Å². The van der Waals surface area contributed by atoms with Crippen molar-refractivity contribution >= 4 is 5.97 Å². The number of hydrogen-bond acceptors (Lipinski definition) is 2. The third-order valence-electron chi connectivity index (χ3n) is 5.73. The molecule has 0 unspecified atom stereocenters. The Morgan fingerprint density at radius 3 is 2.62 bits per heavy atom. The molecular formula is C21H22O3. The normalized spacial score (nSPS) is 25.0. The summed E-state index contributed by atoms with van der Waals surface area (Å²) in [4.78, 5) is 11.8. The van der Waals surface area contributed by atoms with Crippen molar-refractivity contribution in [3.8, 4) is 5.75 Å². The number of aryl methyl sites for hydroxylation is 1. The number of carboxylic acid groups (broad SMARTS) is 1. The Hall–Kier alpha value is -2.29. The van der Waals surface area contributed by atoms with E-state index in [2.05, 4.69) is 36.4 Å². The van der Waals surface area contributed by atoms with E-state index in [1.54, 1.807) is 7.11 Å². The summed E-state index contributed by atoms with van der Waals surface area (Å²) >= 11 is 0. The summed E-state index contributed by atoms with van der Waals surface area (Å²) in [6.07, 6.45) is 3.45. The molecule has 0 bridgehead atoms. The lowest BCUT2D eigenvalue weighted by atomic mass is 9.64. The first-order chi connectivity index (χ1) is 11.7. The molecule has 1 N–H and O–H groups in total. The van der Waals surface area contributed by atoms with E-state index in [4.69, 9.17) is 4.74 Å². The highest BCUT2D eigenvalue weighted by molar-refractivity contribution is 5.73. The van der Waals surface area contributed by atoms with Gasteiger partial charge in [-0.15, -0.1) is 0 Å². The molecule has 3 nitrogen and oxygen atoms in total. The summed E-state index contributed by atoms with van der Waals surface area (Å²) in [7, 11) is 1.70. The molecule has 0 saturated carbocycles. The van der Waals surface area contributed by atoms with Crippen LogP contribution in [0.1, 0.15) is 46.9 Å². The Balaban J connectivity index is 1.81. The van der Waals surface area contributed by atoms with Crippen molar-refractivity contribution in [2.24, 2.45) is 5.92 Å². The minimum absolute atomic E-state index is 0.117. The van der Waals surface area contributed by atoms with Crippen LogP contribution in [0.15, 0.2) is 42.5 Å². The third kappa shape index (κ3) is 2.48. The lowest BCUT2D eigenvalue weighted by molar-refractivity contribution is -0.143. The maximum atomic E-state index is 11.8. The SMILES string of the molecule is COc1cc2c3c(c1)C[C@@H](c1ccccc1)C[C@@H]3[C@H](C(=O)O)CC2. The molecule has 0 amide bonds. The van der Waals surface area contributed by atoms with Gasteiger partial charge in [0.15, 0.2) is 0 Å². The second kappa shape index (κ2) is 5.97. The van der Waals surface area contributed by atoms with Gasteiger partial charge in [0, 0.05) is 0 Å². The topological polar surface area (TPSA) is 46.5 Å². The van der Waals surface area contributed by atoms with E-state index in [9.17, 15) is 9.90 Å². The van der Waals surface area contributed by atoms with Gasteiger partial charge in [0.05, 0.1) is 13.0 Å². The van der Waals surface area contributed by atoms with E-state index in [1.165, 1.54) is 22.3 Å². The van der Waals surface area contributed by atoms with Crippen LogP contribution in [-0.4, -0.2) is 18.2 Å². The highest BCUT2D eigenvalue weighted by Crippen LogP contribution is 2.49. The summed E-state index contributed by atoms with van der Waals surface area (Å²) in [5.74, 6) is 0.469. The minimum atomic E-state index is -0.652. The molecule has 0 saturated heterocycles. The molecule has 0 heterocycles. The number of carbonyl (C=O) groups is 1. The molecule has 2 aromatic carbocycles. The Bertz CT molecular complexity index is 766. The molecule has 0 aliphatic heterocycles. The van der Waals surface area contributed by atoms with E-state index in [0.717, 1.165) is 31.4 Å². The number of benzene rings is 2. The van der Waals surface area contributed by atoms with Crippen molar-refractivity contribution in [3.63, 3.8) is 0 Å². The molecule has 3 atom stereocenters. The van der Waals surface area contributed by atoms with Gasteiger partial charge in [0.25, 0.3) is 0 Å². The van der Waals surface area contributed by atoms with Gasteiger partial charge in [-0.25, -0.2) is 0 Å². The first-order valence-electron chi connectivity index (χ1n) is 8.64. The van der Waals surface area contributed by atoms with Gasteiger partial charge < -0.3 is 9.84 Å². The van der Waals surface area contributed by atoms with E-state index in [1.807, 2.05) is 6.07 Å². The highest BCUT2D eigenvalue weighted by atomic mass is 16.5. The maximum absolute atomic E-state index is 11.8. The summed E-state index contributed by atoms with van der Waals surface area (Å²) in [5, 5.41) is 9.71. The molecule has 2 aliphatic carbocycles. The lowest BCUT2D eigenvalue weighted by Crippen LogP contribution is -2.32. The lowest BCUT2D eigenvalue weighted by Gasteiger charge is -2.40. The highest BCUT2D eigenvalue weighted by Gasteiger charge is 2.40. The van der Waals surface area contributed by atoms with Crippen molar-refractivity contribution < 1.29 is 14.6 Å². The summed E-state index contributed by atoms with van der Waals surface area (Å²) in [6.45, 7) is 0. The van der Waals surface area contributed by atoms with E-state index >= 15 is 0 Å². The number of hydrogen-bond donors (Lipinski definition) is 1. The monoisotopic (exact) mass is 322 g/mol. The molecule has 3 heteroatoms. The first kappa shape index (κ1) is 15.3. The maximum Gasteiger partial charge on any atom is 0.307 e. The molecular weight excluding hydrogens is 300 g/mol. The average Bonchev–Trinajstić information content (AvgIpc) is 2.62. The summed E-state index contributed by atoms with van der Waals surface area (Å²) in [5.41, 5.74) is 5.17. The predicted octanol–water partition coefficient (Wildman–Crippen LogP) is 4.16. The average molecular weight is 322 g/mol. The molecule has 124 valence electrons. The number of ether oxygens (including phenoxy) is 1. The summed E-state index contributed by atoms with van der Waals surface area (Å²) in [6, 6.07) is 14.7. The second-order valence-corrected chi connectivity index (χ2v) is 7.00. The number of methoxy groups -OCH3 is 1. The fourth-order valence-corrected chi connectivity index (χ4v) is 4.64. The molecule has 2 aliphatic rings. The number of rotatable bonds is 3. The number of carboxylic acids is 1. The molecule has 4 rings (SSSR count). The van der Waals surface area contributed by atoms with Crippen molar-refractivity contribution in [1.82, 2.24) is 0 Å². The predicted molar refractivity (Wildman–Crippen MR) is 92.7 cm³/mol. The van der Waals surface area contributed by atoms with E-state index in [-0.39, 0.29) is 11.8 Å². The smallest absolute Gasteiger partial charge is 0.307 e. The number of aliphatic carboxylic acids is 1.